The Balaban J connectivity index is 1.92. The molecule has 2 N–H and O–H groups in total. The molecule has 0 bridgehead atoms. The van der Waals surface area contributed by atoms with E-state index in [0.717, 1.165) is 37.4 Å². The zero-order valence-electron chi connectivity index (χ0n) is 11.8. The Labute approximate surface area is 115 Å². The lowest BCUT2D eigenvalue weighted by Crippen LogP contribution is -2.32. The molecular weight excluding hydrogens is 238 g/mol. The van der Waals surface area contributed by atoms with Gasteiger partial charge in [-0.05, 0) is 43.0 Å². The number of rotatable bonds is 5. The van der Waals surface area contributed by atoms with Crippen molar-refractivity contribution < 1.29 is 4.79 Å². The van der Waals surface area contributed by atoms with E-state index in [-0.39, 0.29) is 6.03 Å². The van der Waals surface area contributed by atoms with Crippen LogP contribution in [0.5, 0.6) is 0 Å². The number of carbonyl (C=O) groups excluding carboxylic acids is 1. The molecular formula is C15H23N3O. The van der Waals surface area contributed by atoms with Crippen molar-refractivity contribution in [3.8, 4) is 0 Å². The van der Waals surface area contributed by atoms with Gasteiger partial charge in [-0.1, -0.05) is 13.8 Å². The van der Waals surface area contributed by atoms with Gasteiger partial charge in [0.15, 0.2) is 0 Å². The lowest BCUT2D eigenvalue weighted by atomic mass is 10.1. The molecule has 0 atom stereocenters. The standard InChI is InChI=1S/C15H23N3O/c1-12(2)4-3-9-17-10-11-18(15(17)19)14-7-5-13(16)6-8-14/h5-8,12H,3-4,9-11,16H2,1-2H3. The first-order valence-corrected chi connectivity index (χ1v) is 7.00. The van der Waals surface area contributed by atoms with Crippen LogP contribution in [0.4, 0.5) is 16.2 Å². The van der Waals surface area contributed by atoms with E-state index in [2.05, 4.69) is 13.8 Å². The molecule has 4 nitrogen and oxygen atoms in total. The predicted molar refractivity (Wildman–Crippen MR) is 79.2 cm³/mol. The minimum absolute atomic E-state index is 0.119. The van der Waals surface area contributed by atoms with Crippen molar-refractivity contribution in [2.24, 2.45) is 5.92 Å². The molecule has 1 heterocycles. The summed E-state index contributed by atoms with van der Waals surface area (Å²) in [6.45, 7) is 6.88. The molecule has 0 aliphatic carbocycles. The smallest absolute Gasteiger partial charge is 0.324 e. The number of hydrogen-bond acceptors (Lipinski definition) is 2. The van der Waals surface area contributed by atoms with E-state index in [9.17, 15) is 4.79 Å². The molecule has 0 saturated carbocycles. The summed E-state index contributed by atoms with van der Waals surface area (Å²) in [6.07, 6.45) is 2.25. The van der Waals surface area contributed by atoms with Crippen molar-refractivity contribution in [2.75, 3.05) is 30.3 Å². The molecule has 1 aromatic carbocycles. The van der Waals surface area contributed by atoms with Crippen molar-refractivity contribution in [1.29, 1.82) is 0 Å². The molecule has 1 fully saturated rings. The number of amides is 2. The number of urea groups is 1. The predicted octanol–water partition coefficient (Wildman–Crippen LogP) is 2.95. The van der Waals surface area contributed by atoms with Crippen molar-refractivity contribution >= 4 is 17.4 Å². The third kappa shape index (κ3) is 3.40. The molecule has 0 unspecified atom stereocenters. The van der Waals surface area contributed by atoms with Gasteiger partial charge in [0, 0.05) is 31.0 Å². The Hall–Kier alpha value is -1.71. The van der Waals surface area contributed by atoms with Crippen LogP contribution in [0.3, 0.4) is 0 Å². The number of benzene rings is 1. The van der Waals surface area contributed by atoms with Gasteiger partial charge in [-0.15, -0.1) is 0 Å². The maximum atomic E-state index is 12.3. The van der Waals surface area contributed by atoms with Crippen LogP contribution in [-0.4, -0.2) is 30.6 Å². The van der Waals surface area contributed by atoms with Crippen LogP contribution in [0, 0.1) is 5.92 Å². The van der Waals surface area contributed by atoms with Gasteiger partial charge in [0.1, 0.15) is 0 Å². The second-order valence-corrected chi connectivity index (χ2v) is 5.55. The number of nitrogens with zero attached hydrogens (tertiary/aromatic N) is 2. The first-order valence-electron chi connectivity index (χ1n) is 7.00. The number of nitrogen functional groups attached to an aromatic ring is 1. The van der Waals surface area contributed by atoms with Gasteiger partial charge >= 0.3 is 6.03 Å². The first kappa shape index (κ1) is 13.7. The highest BCUT2D eigenvalue weighted by Gasteiger charge is 2.28. The Bertz CT molecular complexity index is 428. The summed E-state index contributed by atoms with van der Waals surface area (Å²) < 4.78 is 0. The highest BCUT2D eigenvalue weighted by atomic mass is 16.2. The zero-order chi connectivity index (χ0) is 13.8. The molecule has 1 aliphatic rings. The Morgan fingerprint density at radius 2 is 1.89 bits per heavy atom. The maximum Gasteiger partial charge on any atom is 0.324 e. The maximum absolute atomic E-state index is 12.3. The van der Waals surface area contributed by atoms with Gasteiger partial charge in [-0.3, -0.25) is 4.90 Å². The number of hydrogen-bond donors (Lipinski definition) is 1. The largest absolute Gasteiger partial charge is 0.399 e. The second kappa shape index (κ2) is 5.95. The summed E-state index contributed by atoms with van der Waals surface area (Å²) in [4.78, 5) is 16.1. The Morgan fingerprint density at radius 3 is 2.53 bits per heavy atom. The van der Waals surface area contributed by atoms with Gasteiger partial charge in [0.2, 0.25) is 0 Å². The summed E-state index contributed by atoms with van der Waals surface area (Å²) in [6, 6.07) is 7.61. The molecule has 2 rings (SSSR count). The van der Waals surface area contributed by atoms with Gasteiger partial charge in [-0.25, -0.2) is 4.79 Å². The van der Waals surface area contributed by atoms with Crippen LogP contribution < -0.4 is 10.6 Å². The van der Waals surface area contributed by atoms with Crippen molar-refractivity contribution in [3.05, 3.63) is 24.3 Å². The third-order valence-corrected chi connectivity index (χ3v) is 3.51. The van der Waals surface area contributed by atoms with Crippen LogP contribution in [0.25, 0.3) is 0 Å². The third-order valence-electron chi connectivity index (χ3n) is 3.51. The minimum atomic E-state index is 0.119. The zero-order valence-corrected chi connectivity index (χ0v) is 11.8. The number of carbonyl (C=O) groups is 1. The van der Waals surface area contributed by atoms with E-state index in [0.29, 0.717) is 5.92 Å². The molecule has 104 valence electrons. The summed E-state index contributed by atoms with van der Waals surface area (Å²) in [7, 11) is 0. The van der Waals surface area contributed by atoms with Crippen molar-refractivity contribution in [2.45, 2.75) is 26.7 Å². The minimum Gasteiger partial charge on any atom is -0.399 e. The number of anilines is 2. The van der Waals surface area contributed by atoms with Gasteiger partial charge < -0.3 is 10.6 Å². The average Bonchev–Trinajstić information content (AvgIpc) is 2.72. The summed E-state index contributed by atoms with van der Waals surface area (Å²) in [5.41, 5.74) is 7.33. The van der Waals surface area contributed by atoms with E-state index in [1.807, 2.05) is 34.1 Å². The summed E-state index contributed by atoms with van der Waals surface area (Å²) in [5.74, 6) is 0.700. The van der Waals surface area contributed by atoms with E-state index in [1.54, 1.807) is 0 Å². The molecule has 4 heteroatoms. The molecule has 2 amide bonds. The topological polar surface area (TPSA) is 49.6 Å². The lowest BCUT2D eigenvalue weighted by Gasteiger charge is -2.19. The normalized spacial score (nSPS) is 15.6. The summed E-state index contributed by atoms with van der Waals surface area (Å²) in [5, 5.41) is 0. The fourth-order valence-corrected chi connectivity index (χ4v) is 2.37. The average molecular weight is 261 g/mol. The lowest BCUT2D eigenvalue weighted by molar-refractivity contribution is 0.219. The van der Waals surface area contributed by atoms with Crippen LogP contribution in [-0.2, 0) is 0 Å². The van der Waals surface area contributed by atoms with E-state index >= 15 is 0 Å². The molecule has 1 aromatic rings. The second-order valence-electron chi connectivity index (χ2n) is 5.55. The quantitative estimate of drug-likeness (QED) is 0.828. The molecule has 0 aromatic heterocycles. The molecule has 1 aliphatic heterocycles. The Morgan fingerprint density at radius 1 is 1.21 bits per heavy atom. The van der Waals surface area contributed by atoms with Gasteiger partial charge in [0.05, 0.1) is 0 Å². The first-order chi connectivity index (χ1) is 9.08. The van der Waals surface area contributed by atoms with E-state index < -0.39 is 0 Å². The van der Waals surface area contributed by atoms with Gasteiger partial charge in [0.25, 0.3) is 0 Å². The molecule has 0 radical (unpaired) electrons. The van der Waals surface area contributed by atoms with E-state index in [1.165, 1.54) is 6.42 Å². The van der Waals surface area contributed by atoms with E-state index in [4.69, 9.17) is 5.73 Å². The van der Waals surface area contributed by atoms with Crippen molar-refractivity contribution in [3.63, 3.8) is 0 Å². The Kier molecular flexibility index (Phi) is 4.30. The fourth-order valence-electron chi connectivity index (χ4n) is 2.37. The van der Waals surface area contributed by atoms with Crippen molar-refractivity contribution in [1.82, 2.24) is 4.90 Å². The summed E-state index contributed by atoms with van der Waals surface area (Å²) >= 11 is 0. The molecule has 0 spiro atoms. The van der Waals surface area contributed by atoms with Crippen LogP contribution in [0.1, 0.15) is 26.7 Å². The van der Waals surface area contributed by atoms with Crippen LogP contribution in [0.2, 0.25) is 0 Å². The van der Waals surface area contributed by atoms with Crippen LogP contribution in [0.15, 0.2) is 24.3 Å². The monoisotopic (exact) mass is 261 g/mol. The van der Waals surface area contributed by atoms with Gasteiger partial charge in [-0.2, -0.15) is 0 Å². The SMILES string of the molecule is CC(C)CCCN1CCN(c2ccc(N)cc2)C1=O. The van der Waals surface area contributed by atoms with Crippen LogP contribution >= 0.6 is 0 Å². The number of nitrogens with two attached hydrogens (primary N) is 1. The molecule has 1 saturated heterocycles. The highest BCUT2D eigenvalue weighted by Crippen LogP contribution is 2.21. The highest BCUT2D eigenvalue weighted by molar-refractivity contribution is 5.94. The molecule has 19 heavy (non-hydrogen) atoms. The fraction of sp³-hybridized carbons (Fsp3) is 0.533.